The maximum absolute atomic E-state index is 12.1. The lowest BCUT2D eigenvalue weighted by Gasteiger charge is -2.27. The molecule has 0 aromatic heterocycles. The molecule has 1 aliphatic heterocycles. The zero-order valence-electron chi connectivity index (χ0n) is 14.6. The molecule has 0 fully saturated rings. The number of nitrogens with one attached hydrogen (secondary N) is 2. The van der Waals surface area contributed by atoms with Crippen LogP contribution in [0.3, 0.4) is 0 Å². The maximum Gasteiger partial charge on any atom is 0.325 e. The number of hydrogen-bond donors (Lipinski definition) is 2. The van der Waals surface area contributed by atoms with E-state index in [4.69, 9.17) is 0 Å². The summed E-state index contributed by atoms with van der Waals surface area (Å²) in [5.74, 6) is -0.291. The molecule has 0 unspecified atom stereocenters. The minimum absolute atomic E-state index is 0.217. The molecule has 5 nitrogen and oxygen atoms in total. The first-order chi connectivity index (χ1) is 12.0. The highest BCUT2D eigenvalue weighted by Gasteiger charge is 2.19. The third-order valence-corrected chi connectivity index (χ3v) is 4.59. The number of fused-ring (bicyclic) bond motifs is 1. The number of benzene rings is 2. The molecule has 3 rings (SSSR count). The zero-order valence-corrected chi connectivity index (χ0v) is 14.6. The summed E-state index contributed by atoms with van der Waals surface area (Å²) in [7, 11) is 0. The smallest absolute Gasteiger partial charge is 0.308 e. The molecule has 0 atom stereocenters. The van der Waals surface area contributed by atoms with Crippen LogP contribution < -0.4 is 10.6 Å². The van der Waals surface area contributed by atoms with Gasteiger partial charge in [-0.05, 0) is 54.7 Å². The van der Waals surface area contributed by atoms with Gasteiger partial charge in [0.2, 0.25) is 5.91 Å². The number of aryl methyl sites for hydroxylation is 2. The topological polar surface area (TPSA) is 61.4 Å². The van der Waals surface area contributed by atoms with Crippen molar-refractivity contribution in [1.29, 1.82) is 0 Å². The van der Waals surface area contributed by atoms with E-state index in [1.54, 1.807) is 0 Å². The van der Waals surface area contributed by atoms with Crippen LogP contribution in [0.5, 0.6) is 0 Å². The van der Waals surface area contributed by atoms with Gasteiger partial charge in [0, 0.05) is 18.8 Å². The van der Waals surface area contributed by atoms with Gasteiger partial charge < -0.3 is 5.32 Å². The standard InChI is InChI=1S/C20H23N3O2/c1-14-7-8-18(11-15(14)2)21-20(25)22-19(24)13-23-10-9-16-5-3-4-6-17(16)12-23/h3-8,11H,9-10,12-13H2,1-2H3,(H2,21,22,24,25). The fourth-order valence-electron chi connectivity index (χ4n) is 3.04. The van der Waals surface area contributed by atoms with Crippen molar-refractivity contribution in [3.63, 3.8) is 0 Å². The molecule has 0 bridgehead atoms. The quantitative estimate of drug-likeness (QED) is 0.905. The summed E-state index contributed by atoms with van der Waals surface area (Å²) in [5.41, 5.74) is 5.52. The first kappa shape index (κ1) is 17.2. The maximum atomic E-state index is 12.1. The Labute approximate surface area is 148 Å². The van der Waals surface area contributed by atoms with E-state index >= 15 is 0 Å². The second kappa shape index (κ2) is 7.49. The van der Waals surface area contributed by atoms with Crippen LogP contribution in [0.25, 0.3) is 0 Å². The Morgan fingerprint density at radius 2 is 1.80 bits per heavy atom. The molecule has 1 aliphatic rings. The molecule has 0 saturated carbocycles. The number of urea groups is 1. The third kappa shape index (κ3) is 4.45. The molecule has 130 valence electrons. The second-order valence-corrected chi connectivity index (χ2v) is 6.53. The highest BCUT2D eigenvalue weighted by Crippen LogP contribution is 2.18. The van der Waals surface area contributed by atoms with Gasteiger partial charge in [-0.1, -0.05) is 30.3 Å². The number of imide groups is 1. The summed E-state index contributed by atoms with van der Waals surface area (Å²) in [4.78, 5) is 26.2. The van der Waals surface area contributed by atoms with Gasteiger partial charge in [0.05, 0.1) is 6.54 Å². The predicted molar refractivity (Wildman–Crippen MR) is 98.5 cm³/mol. The first-order valence-electron chi connectivity index (χ1n) is 8.48. The second-order valence-electron chi connectivity index (χ2n) is 6.53. The summed E-state index contributed by atoms with van der Waals surface area (Å²) < 4.78 is 0. The first-order valence-corrected chi connectivity index (χ1v) is 8.48. The van der Waals surface area contributed by atoms with E-state index in [0.717, 1.165) is 30.6 Å². The molecule has 25 heavy (non-hydrogen) atoms. The normalized spacial score (nSPS) is 13.8. The number of anilines is 1. The highest BCUT2D eigenvalue weighted by atomic mass is 16.2. The SMILES string of the molecule is Cc1ccc(NC(=O)NC(=O)CN2CCc3ccccc3C2)cc1C. The van der Waals surface area contributed by atoms with Crippen LogP contribution in [-0.4, -0.2) is 29.9 Å². The summed E-state index contributed by atoms with van der Waals surface area (Å²) >= 11 is 0. The Balaban J connectivity index is 1.51. The third-order valence-electron chi connectivity index (χ3n) is 4.59. The molecule has 0 saturated heterocycles. The van der Waals surface area contributed by atoms with E-state index in [0.29, 0.717) is 5.69 Å². The minimum atomic E-state index is -0.495. The summed E-state index contributed by atoms with van der Waals surface area (Å²) in [6.07, 6.45) is 0.929. The van der Waals surface area contributed by atoms with Crippen LogP contribution in [0.15, 0.2) is 42.5 Å². The van der Waals surface area contributed by atoms with Crippen molar-refractivity contribution in [2.75, 3.05) is 18.4 Å². The van der Waals surface area contributed by atoms with Gasteiger partial charge in [-0.15, -0.1) is 0 Å². The Kier molecular flexibility index (Phi) is 5.14. The van der Waals surface area contributed by atoms with Gasteiger partial charge in [-0.2, -0.15) is 0 Å². The van der Waals surface area contributed by atoms with Gasteiger partial charge in [-0.3, -0.25) is 15.0 Å². The number of carbonyl (C=O) groups is 2. The number of amides is 3. The molecule has 0 spiro atoms. The van der Waals surface area contributed by atoms with Crippen molar-refractivity contribution in [3.05, 3.63) is 64.7 Å². The number of rotatable bonds is 3. The molecule has 3 amide bonds. The monoisotopic (exact) mass is 337 g/mol. The molecule has 2 N–H and O–H groups in total. The Morgan fingerprint density at radius 3 is 2.56 bits per heavy atom. The van der Waals surface area contributed by atoms with Crippen LogP contribution in [0.1, 0.15) is 22.3 Å². The van der Waals surface area contributed by atoms with E-state index in [1.807, 2.05) is 44.2 Å². The van der Waals surface area contributed by atoms with Gasteiger partial charge in [-0.25, -0.2) is 4.79 Å². The van der Waals surface area contributed by atoms with Crippen molar-refractivity contribution < 1.29 is 9.59 Å². The molecule has 0 radical (unpaired) electrons. The number of nitrogens with zero attached hydrogens (tertiary/aromatic N) is 1. The molecule has 5 heteroatoms. The van der Waals surface area contributed by atoms with E-state index < -0.39 is 6.03 Å². The number of carbonyl (C=O) groups excluding carboxylic acids is 2. The van der Waals surface area contributed by atoms with Crippen LogP contribution in [0.2, 0.25) is 0 Å². The van der Waals surface area contributed by atoms with Crippen LogP contribution >= 0.6 is 0 Å². The molecule has 0 aliphatic carbocycles. The van der Waals surface area contributed by atoms with E-state index in [9.17, 15) is 9.59 Å². The van der Waals surface area contributed by atoms with Crippen LogP contribution in [0, 0.1) is 13.8 Å². The van der Waals surface area contributed by atoms with E-state index in [1.165, 1.54) is 11.1 Å². The zero-order chi connectivity index (χ0) is 17.8. The lowest BCUT2D eigenvalue weighted by Crippen LogP contribution is -2.43. The Bertz CT molecular complexity index is 801. The fraction of sp³-hybridized carbons (Fsp3) is 0.300. The summed E-state index contributed by atoms with van der Waals surface area (Å²) in [5, 5.41) is 5.11. The lowest BCUT2D eigenvalue weighted by molar-refractivity contribution is -0.121. The minimum Gasteiger partial charge on any atom is -0.308 e. The van der Waals surface area contributed by atoms with Crippen LogP contribution in [-0.2, 0) is 17.8 Å². The summed E-state index contributed by atoms with van der Waals surface area (Å²) in [6, 6.07) is 13.4. The highest BCUT2D eigenvalue weighted by molar-refractivity contribution is 6.01. The molecular weight excluding hydrogens is 314 g/mol. The van der Waals surface area contributed by atoms with Crippen molar-refractivity contribution in [2.24, 2.45) is 0 Å². The van der Waals surface area contributed by atoms with Crippen molar-refractivity contribution in [2.45, 2.75) is 26.8 Å². The Hall–Kier alpha value is -2.66. The predicted octanol–water partition coefficient (Wildman–Crippen LogP) is 3.01. The van der Waals surface area contributed by atoms with Gasteiger partial charge in [0.25, 0.3) is 0 Å². The number of hydrogen-bond acceptors (Lipinski definition) is 3. The van der Waals surface area contributed by atoms with E-state index in [2.05, 4.69) is 27.7 Å². The lowest BCUT2D eigenvalue weighted by atomic mass is 10.00. The van der Waals surface area contributed by atoms with Gasteiger partial charge in [0.1, 0.15) is 0 Å². The van der Waals surface area contributed by atoms with Crippen molar-refractivity contribution in [3.8, 4) is 0 Å². The fourth-order valence-corrected chi connectivity index (χ4v) is 3.04. The van der Waals surface area contributed by atoms with Crippen molar-refractivity contribution in [1.82, 2.24) is 10.2 Å². The van der Waals surface area contributed by atoms with Crippen LogP contribution in [0.4, 0.5) is 10.5 Å². The average molecular weight is 337 g/mol. The molecular formula is C20H23N3O2. The summed E-state index contributed by atoms with van der Waals surface area (Å²) in [6.45, 7) is 5.78. The van der Waals surface area contributed by atoms with Crippen molar-refractivity contribution >= 4 is 17.6 Å². The average Bonchev–Trinajstić information content (AvgIpc) is 2.58. The molecule has 2 aromatic rings. The largest absolute Gasteiger partial charge is 0.325 e. The molecule has 1 heterocycles. The Morgan fingerprint density at radius 1 is 1.04 bits per heavy atom. The van der Waals surface area contributed by atoms with Gasteiger partial charge in [0.15, 0.2) is 0 Å². The van der Waals surface area contributed by atoms with Gasteiger partial charge >= 0.3 is 6.03 Å². The molecule has 2 aromatic carbocycles. The van der Waals surface area contributed by atoms with E-state index in [-0.39, 0.29) is 12.5 Å².